The van der Waals surface area contributed by atoms with E-state index in [1.54, 1.807) is 6.21 Å². The predicted molar refractivity (Wildman–Crippen MR) is 62.5 cm³/mol. The number of hydroxylamine groups is 1. The second-order valence-corrected chi connectivity index (χ2v) is 3.83. The standard InChI is InChI=1S/C12H12N2O3/c1-15-13-5-8-2-3-10-11(4-8)16-6-9-7-17-14-12(9)10/h2-5,14H,6-7H2,1H3/b13-5+. The van der Waals surface area contributed by atoms with Crippen molar-refractivity contribution >= 4 is 11.9 Å². The molecule has 0 unspecified atom stereocenters. The Kier molecular flexibility index (Phi) is 2.45. The van der Waals surface area contributed by atoms with Crippen LogP contribution < -0.4 is 10.2 Å². The van der Waals surface area contributed by atoms with E-state index in [9.17, 15) is 0 Å². The summed E-state index contributed by atoms with van der Waals surface area (Å²) in [6.07, 6.45) is 1.64. The normalized spacial score (nSPS) is 17.5. The number of hydrogen-bond acceptors (Lipinski definition) is 5. The first-order valence-corrected chi connectivity index (χ1v) is 5.32. The quantitative estimate of drug-likeness (QED) is 0.617. The average molecular weight is 232 g/mol. The zero-order chi connectivity index (χ0) is 11.7. The van der Waals surface area contributed by atoms with E-state index in [-0.39, 0.29) is 0 Å². The summed E-state index contributed by atoms with van der Waals surface area (Å²) >= 11 is 0. The van der Waals surface area contributed by atoms with Gasteiger partial charge in [0.1, 0.15) is 26.1 Å². The lowest BCUT2D eigenvalue weighted by Crippen LogP contribution is -2.13. The van der Waals surface area contributed by atoms with Crippen molar-refractivity contribution in [2.24, 2.45) is 5.16 Å². The molecule has 0 spiro atoms. The van der Waals surface area contributed by atoms with Crippen molar-refractivity contribution in [3.63, 3.8) is 0 Å². The second-order valence-electron chi connectivity index (χ2n) is 3.83. The van der Waals surface area contributed by atoms with E-state index >= 15 is 0 Å². The monoisotopic (exact) mass is 232 g/mol. The van der Waals surface area contributed by atoms with Crippen LogP contribution in [0.3, 0.4) is 0 Å². The zero-order valence-corrected chi connectivity index (χ0v) is 9.40. The van der Waals surface area contributed by atoms with Crippen LogP contribution in [-0.4, -0.2) is 26.5 Å². The largest absolute Gasteiger partial charge is 0.488 e. The van der Waals surface area contributed by atoms with Gasteiger partial charge in [-0.05, 0) is 17.7 Å². The highest BCUT2D eigenvalue weighted by atomic mass is 16.7. The average Bonchev–Trinajstić information content (AvgIpc) is 2.84. The molecule has 0 aliphatic carbocycles. The van der Waals surface area contributed by atoms with Crippen LogP contribution in [-0.2, 0) is 9.68 Å². The van der Waals surface area contributed by atoms with E-state index < -0.39 is 0 Å². The lowest BCUT2D eigenvalue weighted by molar-refractivity contribution is 0.116. The number of fused-ring (bicyclic) bond motifs is 2. The molecule has 0 atom stereocenters. The molecule has 3 rings (SSSR count). The maximum absolute atomic E-state index is 5.68. The summed E-state index contributed by atoms with van der Waals surface area (Å²) in [6, 6.07) is 5.88. The Morgan fingerprint density at radius 1 is 1.41 bits per heavy atom. The fraction of sp³-hybridized carbons (Fsp3) is 0.250. The minimum Gasteiger partial charge on any atom is -0.488 e. The van der Waals surface area contributed by atoms with E-state index in [1.165, 1.54) is 7.11 Å². The van der Waals surface area contributed by atoms with Crippen LogP contribution in [0.2, 0.25) is 0 Å². The minimum absolute atomic E-state index is 0.570. The maximum atomic E-state index is 5.68. The molecule has 0 saturated heterocycles. The maximum Gasteiger partial charge on any atom is 0.129 e. The molecule has 5 heteroatoms. The predicted octanol–water partition coefficient (Wildman–Crippen LogP) is 1.31. The molecule has 1 aromatic rings. The Morgan fingerprint density at radius 2 is 2.35 bits per heavy atom. The van der Waals surface area contributed by atoms with Gasteiger partial charge in [-0.2, -0.15) is 0 Å². The summed E-state index contributed by atoms with van der Waals surface area (Å²) < 4.78 is 5.68. The number of nitrogens with zero attached hydrogens (tertiary/aromatic N) is 1. The number of ether oxygens (including phenoxy) is 1. The van der Waals surface area contributed by atoms with Crippen LogP contribution in [0.15, 0.2) is 28.9 Å². The highest BCUT2D eigenvalue weighted by Crippen LogP contribution is 2.34. The Hall–Kier alpha value is -2.01. The molecule has 88 valence electrons. The fourth-order valence-electron chi connectivity index (χ4n) is 1.92. The van der Waals surface area contributed by atoms with Gasteiger partial charge < -0.3 is 9.57 Å². The molecule has 0 bridgehead atoms. The molecule has 0 amide bonds. The Morgan fingerprint density at radius 3 is 3.24 bits per heavy atom. The van der Waals surface area contributed by atoms with Gasteiger partial charge >= 0.3 is 0 Å². The van der Waals surface area contributed by atoms with Crippen LogP contribution >= 0.6 is 0 Å². The molecule has 0 aromatic heterocycles. The lowest BCUT2D eigenvalue weighted by atomic mass is 10.0. The van der Waals surface area contributed by atoms with Gasteiger partial charge in [-0.25, -0.2) is 0 Å². The number of benzene rings is 1. The summed E-state index contributed by atoms with van der Waals surface area (Å²) in [6.45, 7) is 1.15. The summed E-state index contributed by atoms with van der Waals surface area (Å²) in [7, 11) is 1.52. The first-order valence-electron chi connectivity index (χ1n) is 5.32. The molecular formula is C12H12N2O3. The van der Waals surface area contributed by atoms with E-state index in [4.69, 9.17) is 9.57 Å². The van der Waals surface area contributed by atoms with Gasteiger partial charge in [0.25, 0.3) is 0 Å². The smallest absolute Gasteiger partial charge is 0.129 e. The van der Waals surface area contributed by atoms with Gasteiger partial charge in [-0.3, -0.25) is 10.3 Å². The third kappa shape index (κ3) is 1.74. The fourth-order valence-corrected chi connectivity index (χ4v) is 1.92. The minimum atomic E-state index is 0.570. The molecule has 1 aromatic carbocycles. The van der Waals surface area contributed by atoms with Gasteiger partial charge in [-0.15, -0.1) is 0 Å². The van der Waals surface area contributed by atoms with Crippen LogP contribution in [0.1, 0.15) is 11.1 Å². The van der Waals surface area contributed by atoms with Crippen molar-refractivity contribution in [2.75, 3.05) is 20.3 Å². The van der Waals surface area contributed by atoms with Crippen molar-refractivity contribution in [2.45, 2.75) is 0 Å². The highest BCUT2D eigenvalue weighted by molar-refractivity contribution is 5.83. The molecule has 1 N–H and O–H groups in total. The first kappa shape index (κ1) is 10.2. The Labute approximate surface area is 98.6 Å². The molecule has 5 nitrogen and oxygen atoms in total. The van der Waals surface area contributed by atoms with Gasteiger partial charge in [0, 0.05) is 11.1 Å². The number of nitrogens with one attached hydrogen (secondary N) is 1. The van der Waals surface area contributed by atoms with Crippen molar-refractivity contribution in [3.05, 3.63) is 34.9 Å². The lowest BCUT2D eigenvalue weighted by Gasteiger charge is -2.18. The third-order valence-electron chi connectivity index (χ3n) is 2.76. The van der Waals surface area contributed by atoms with Gasteiger partial charge in [0.05, 0.1) is 11.9 Å². The van der Waals surface area contributed by atoms with Crippen LogP contribution in [0.4, 0.5) is 0 Å². The molecule has 0 fully saturated rings. The summed E-state index contributed by atoms with van der Waals surface area (Å²) in [5.74, 6) is 0.835. The number of hydrogen-bond donors (Lipinski definition) is 1. The SMILES string of the molecule is CO/N=C/c1ccc2c(c1)OCC1=C2NOC1. The summed E-state index contributed by atoms with van der Waals surface area (Å²) in [5, 5.41) is 3.72. The van der Waals surface area contributed by atoms with Gasteiger partial charge in [0.2, 0.25) is 0 Å². The molecule has 2 heterocycles. The summed E-state index contributed by atoms with van der Waals surface area (Å²) in [4.78, 5) is 9.84. The Bertz CT molecular complexity index is 508. The number of rotatable bonds is 2. The molecule has 0 saturated carbocycles. The molecule has 17 heavy (non-hydrogen) atoms. The van der Waals surface area contributed by atoms with Crippen molar-refractivity contribution in [1.82, 2.24) is 5.48 Å². The molecular weight excluding hydrogens is 220 g/mol. The van der Waals surface area contributed by atoms with E-state index in [0.717, 1.165) is 28.1 Å². The van der Waals surface area contributed by atoms with E-state index in [0.29, 0.717) is 13.2 Å². The Balaban J connectivity index is 1.98. The van der Waals surface area contributed by atoms with Crippen LogP contribution in [0.5, 0.6) is 5.75 Å². The first-order chi connectivity index (χ1) is 8.38. The third-order valence-corrected chi connectivity index (χ3v) is 2.76. The van der Waals surface area contributed by atoms with Crippen molar-refractivity contribution < 1.29 is 14.4 Å². The highest BCUT2D eigenvalue weighted by Gasteiger charge is 2.24. The van der Waals surface area contributed by atoms with E-state index in [2.05, 4.69) is 15.5 Å². The van der Waals surface area contributed by atoms with Gasteiger partial charge in [-0.1, -0.05) is 11.2 Å². The summed E-state index contributed by atoms with van der Waals surface area (Å²) in [5.41, 5.74) is 7.06. The topological polar surface area (TPSA) is 52.1 Å². The molecule has 2 aliphatic rings. The van der Waals surface area contributed by atoms with Crippen molar-refractivity contribution in [1.29, 1.82) is 0 Å². The molecule has 2 aliphatic heterocycles. The van der Waals surface area contributed by atoms with Crippen LogP contribution in [0.25, 0.3) is 5.70 Å². The second kappa shape index (κ2) is 4.10. The van der Waals surface area contributed by atoms with E-state index in [1.807, 2.05) is 18.2 Å². The zero-order valence-electron chi connectivity index (χ0n) is 9.40. The van der Waals surface area contributed by atoms with Gasteiger partial charge in [0.15, 0.2) is 0 Å². The molecule has 0 radical (unpaired) electrons. The van der Waals surface area contributed by atoms with Crippen molar-refractivity contribution in [3.8, 4) is 5.75 Å². The van der Waals surface area contributed by atoms with Crippen LogP contribution in [0, 0.1) is 0 Å². The number of oxime groups is 1.